The molecule has 0 radical (unpaired) electrons. The molecule has 118 valence electrons. The smallest absolute Gasteiger partial charge is 0.189 e. The predicted molar refractivity (Wildman–Crippen MR) is 83.6 cm³/mol. The van der Waals surface area contributed by atoms with E-state index in [0.29, 0.717) is 12.4 Å². The van der Waals surface area contributed by atoms with Crippen molar-refractivity contribution in [3.8, 4) is 0 Å². The molecule has 0 heterocycles. The maximum Gasteiger partial charge on any atom is 0.189 e. The summed E-state index contributed by atoms with van der Waals surface area (Å²) in [6.07, 6.45) is 14.5. The zero-order chi connectivity index (χ0) is 14.9. The fourth-order valence-electron chi connectivity index (χ4n) is 1.93. The van der Waals surface area contributed by atoms with Crippen LogP contribution in [0, 0.1) is 0 Å². The Bertz CT molecular complexity index is 236. The second-order valence-electron chi connectivity index (χ2n) is 5.16. The van der Waals surface area contributed by atoms with Gasteiger partial charge in [-0.15, -0.1) is 0 Å². The lowest BCUT2D eigenvalue weighted by Gasteiger charge is -2.06. The van der Waals surface area contributed by atoms with Crippen molar-refractivity contribution in [2.24, 2.45) is 0 Å². The molecule has 0 aliphatic heterocycles. The van der Waals surface area contributed by atoms with E-state index in [0.717, 1.165) is 25.5 Å². The number of rotatable bonds is 15. The molecule has 0 amide bonds. The third-order valence-corrected chi connectivity index (χ3v) is 3.22. The van der Waals surface area contributed by atoms with Crippen molar-refractivity contribution in [2.45, 2.75) is 78.1 Å². The van der Waals surface area contributed by atoms with Gasteiger partial charge in [0.2, 0.25) is 0 Å². The van der Waals surface area contributed by atoms with E-state index in [1.54, 1.807) is 0 Å². The monoisotopic (exact) mass is 284 g/mol. The Hall–Kier alpha value is -0.830. The Morgan fingerprint density at radius 2 is 1.55 bits per heavy atom. The summed E-state index contributed by atoms with van der Waals surface area (Å²) in [5.74, 6) is 0.410. The first-order chi connectivity index (χ1) is 9.85. The van der Waals surface area contributed by atoms with Crippen molar-refractivity contribution in [3.63, 3.8) is 0 Å². The van der Waals surface area contributed by atoms with Gasteiger partial charge in [0.1, 0.15) is 0 Å². The Morgan fingerprint density at radius 1 is 0.900 bits per heavy atom. The quantitative estimate of drug-likeness (QED) is 0.139. The van der Waals surface area contributed by atoms with E-state index in [9.17, 15) is 4.79 Å². The fraction of sp³-hybridized carbons (Fsp3) is 0.824. The maximum atomic E-state index is 10.8. The SMILES string of the molecule is CCCCCC/C=C(\C=O)OCOCCCCCCC. The zero-order valence-corrected chi connectivity index (χ0v) is 13.4. The number of hydrogen-bond acceptors (Lipinski definition) is 3. The lowest BCUT2D eigenvalue weighted by atomic mass is 10.1. The molecular weight excluding hydrogens is 252 g/mol. The van der Waals surface area contributed by atoms with Gasteiger partial charge < -0.3 is 9.47 Å². The number of unbranched alkanes of at least 4 members (excludes halogenated alkanes) is 8. The highest BCUT2D eigenvalue weighted by atomic mass is 16.7. The molecule has 0 spiro atoms. The molecule has 0 unspecified atom stereocenters. The van der Waals surface area contributed by atoms with Gasteiger partial charge in [-0.3, -0.25) is 4.79 Å². The van der Waals surface area contributed by atoms with E-state index in [4.69, 9.17) is 9.47 Å². The highest BCUT2D eigenvalue weighted by molar-refractivity contribution is 5.69. The van der Waals surface area contributed by atoms with Crippen LogP contribution in [0.5, 0.6) is 0 Å². The minimum absolute atomic E-state index is 0.188. The van der Waals surface area contributed by atoms with Gasteiger partial charge in [-0.05, 0) is 25.3 Å². The molecule has 20 heavy (non-hydrogen) atoms. The van der Waals surface area contributed by atoms with Gasteiger partial charge in [0.25, 0.3) is 0 Å². The first-order valence-corrected chi connectivity index (χ1v) is 8.21. The number of carbonyl (C=O) groups is 1. The first kappa shape index (κ1) is 19.2. The lowest BCUT2D eigenvalue weighted by Crippen LogP contribution is -2.02. The molecule has 0 atom stereocenters. The van der Waals surface area contributed by atoms with Crippen LogP contribution >= 0.6 is 0 Å². The van der Waals surface area contributed by atoms with Crippen molar-refractivity contribution >= 4 is 6.29 Å². The molecule has 0 bridgehead atoms. The summed E-state index contributed by atoms with van der Waals surface area (Å²) in [5, 5.41) is 0. The standard InChI is InChI=1S/C17H32O3/c1-3-5-7-9-11-13-17(15-18)20-16-19-14-12-10-8-6-4-2/h13,15H,3-12,14,16H2,1-2H3/b17-13+. The largest absolute Gasteiger partial charge is 0.464 e. The fourth-order valence-corrected chi connectivity index (χ4v) is 1.93. The Labute approximate surface area is 124 Å². The second-order valence-corrected chi connectivity index (χ2v) is 5.16. The van der Waals surface area contributed by atoms with Gasteiger partial charge in [0.15, 0.2) is 18.8 Å². The van der Waals surface area contributed by atoms with Gasteiger partial charge in [-0.1, -0.05) is 58.8 Å². The van der Waals surface area contributed by atoms with Crippen LogP contribution in [0.25, 0.3) is 0 Å². The summed E-state index contributed by atoms with van der Waals surface area (Å²) in [6, 6.07) is 0. The van der Waals surface area contributed by atoms with Crippen molar-refractivity contribution < 1.29 is 14.3 Å². The summed E-state index contributed by atoms with van der Waals surface area (Å²) in [7, 11) is 0. The summed E-state index contributed by atoms with van der Waals surface area (Å²) in [6.45, 7) is 5.30. The highest BCUT2D eigenvalue weighted by Gasteiger charge is 1.96. The molecule has 0 saturated heterocycles. The van der Waals surface area contributed by atoms with Crippen molar-refractivity contribution in [2.75, 3.05) is 13.4 Å². The first-order valence-electron chi connectivity index (χ1n) is 8.21. The number of aldehydes is 1. The zero-order valence-electron chi connectivity index (χ0n) is 13.4. The average Bonchev–Trinajstić information content (AvgIpc) is 2.47. The van der Waals surface area contributed by atoms with Crippen LogP contribution in [0.4, 0.5) is 0 Å². The molecule has 0 saturated carbocycles. The highest BCUT2D eigenvalue weighted by Crippen LogP contribution is 2.06. The average molecular weight is 284 g/mol. The van der Waals surface area contributed by atoms with Crippen LogP contribution in [-0.4, -0.2) is 19.7 Å². The Balaban J connectivity index is 3.44. The predicted octanol–water partition coefficient (Wildman–Crippen LogP) is 5.00. The van der Waals surface area contributed by atoms with Gasteiger partial charge in [-0.2, -0.15) is 0 Å². The van der Waals surface area contributed by atoms with E-state index in [1.165, 1.54) is 44.9 Å². The van der Waals surface area contributed by atoms with Crippen LogP contribution in [0.15, 0.2) is 11.8 Å². The van der Waals surface area contributed by atoms with Crippen LogP contribution in [0.3, 0.4) is 0 Å². The molecule has 3 nitrogen and oxygen atoms in total. The van der Waals surface area contributed by atoms with Gasteiger partial charge in [-0.25, -0.2) is 0 Å². The Morgan fingerprint density at radius 3 is 2.20 bits per heavy atom. The topological polar surface area (TPSA) is 35.5 Å². The van der Waals surface area contributed by atoms with Gasteiger partial charge in [0.05, 0.1) is 6.61 Å². The second kappa shape index (κ2) is 16.2. The molecule has 0 aromatic heterocycles. The Kier molecular flexibility index (Phi) is 15.6. The third kappa shape index (κ3) is 13.6. The molecule has 3 heteroatoms. The number of hydrogen-bond donors (Lipinski definition) is 0. The minimum Gasteiger partial charge on any atom is -0.464 e. The van der Waals surface area contributed by atoms with Crippen LogP contribution in [-0.2, 0) is 14.3 Å². The normalized spacial score (nSPS) is 11.6. The summed E-state index contributed by atoms with van der Waals surface area (Å²) in [5.41, 5.74) is 0. The third-order valence-electron chi connectivity index (χ3n) is 3.22. The van der Waals surface area contributed by atoms with Crippen LogP contribution < -0.4 is 0 Å². The molecule has 0 aromatic rings. The molecule has 0 rings (SSSR count). The molecule has 0 aliphatic carbocycles. The van der Waals surface area contributed by atoms with Crippen molar-refractivity contribution in [3.05, 3.63) is 11.8 Å². The van der Waals surface area contributed by atoms with Crippen LogP contribution in [0.1, 0.15) is 78.1 Å². The van der Waals surface area contributed by atoms with Crippen molar-refractivity contribution in [1.82, 2.24) is 0 Å². The summed E-state index contributed by atoms with van der Waals surface area (Å²) < 4.78 is 10.7. The number of carbonyl (C=O) groups excluding carboxylic acids is 1. The van der Waals surface area contributed by atoms with Crippen molar-refractivity contribution in [1.29, 1.82) is 0 Å². The van der Waals surface area contributed by atoms with E-state index in [1.807, 2.05) is 6.08 Å². The van der Waals surface area contributed by atoms with E-state index < -0.39 is 0 Å². The molecule has 0 aliphatic rings. The molecule has 0 N–H and O–H groups in total. The van der Waals surface area contributed by atoms with Gasteiger partial charge >= 0.3 is 0 Å². The summed E-state index contributed by atoms with van der Waals surface area (Å²) in [4.78, 5) is 10.8. The lowest BCUT2D eigenvalue weighted by molar-refractivity contribution is -0.111. The van der Waals surface area contributed by atoms with E-state index >= 15 is 0 Å². The maximum absolute atomic E-state index is 10.8. The number of allylic oxidation sites excluding steroid dienone is 2. The molecular formula is C17H32O3. The minimum atomic E-state index is 0.188. The molecule has 0 aromatic carbocycles. The van der Waals surface area contributed by atoms with Gasteiger partial charge in [0, 0.05) is 0 Å². The van der Waals surface area contributed by atoms with Crippen LogP contribution in [0.2, 0.25) is 0 Å². The number of ether oxygens (including phenoxy) is 2. The van der Waals surface area contributed by atoms with E-state index in [-0.39, 0.29) is 6.79 Å². The summed E-state index contributed by atoms with van der Waals surface area (Å²) >= 11 is 0. The van der Waals surface area contributed by atoms with E-state index in [2.05, 4.69) is 13.8 Å². The molecule has 0 fully saturated rings.